The van der Waals surface area contributed by atoms with Crippen LogP contribution in [0.5, 0.6) is 5.75 Å². The van der Waals surface area contributed by atoms with E-state index in [0.717, 1.165) is 23.8 Å². The molecule has 4 rings (SSSR count). The molecule has 3 aromatic rings. The number of fused-ring (bicyclic) bond motifs is 1. The molecule has 2 aromatic carbocycles. The molecule has 0 radical (unpaired) electrons. The van der Waals surface area contributed by atoms with Crippen LogP contribution in [0.15, 0.2) is 57.8 Å². The minimum absolute atomic E-state index is 0.192. The van der Waals surface area contributed by atoms with Crippen molar-refractivity contribution >= 4 is 26.9 Å². The second-order valence-electron chi connectivity index (χ2n) is 6.93. The lowest BCUT2D eigenvalue weighted by atomic mass is 10.2. The first kappa shape index (κ1) is 19.5. The van der Waals surface area contributed by atoms with Crippen LogP contribution in [0.3, 0.4) is 0 Å². The smallest absolute Gasteiger partial charge is 0.287 e. The number of hydrogen-bond acceptors (Lipinski definition) is 5. The van der Waals surface area contributed by atoms with Crippen molar-refractivity contribution in [2.75, 3.05) is 20.2 Å². The van der Waals surface area contributed by atoms with Gasteiger partial charge in [-0.3, -0.25) is 4.79 Å². The molecule has 1 aliphatic rings. The van der Waals surface area contributed by atoms with Crippen molar-refractivity contribution in [2.45, 2.75) is 24.3 Å². The van der Waals surface area contributed by atoms with E-state index in [1.54, 1.807) is 43.5 Å². The number of carbonyl (C=O) groups is 1. The Morgan fingerprint density at radius 1 is 1.14 bits per heavy atom. The van der Waals surface area contributed by atoms with Crippen molar-refractivity contribution in [3.05, 3.63) is 59.9 Å². The molecule has 0 spiro atoms. The third kappa shape index (κ3) is 3.86. The van der Waals surface area contributed by atoms with E-state index in [1.807, 2.05) is 12.1 Å². The molecule has 8 heteroatoms. The zero-order chi connectivity index (χ0) is 20.4. The second kappa shape index (κ2) is 7.88. The van der Waals surface area contributed by atoms with Crippen LogP contribution in [0.25, 0.3) is 11.0 Å². The van der Waals surface area contributed by atoms with Crippen LogP contribution < -0.4 is 10.1 Å². The van der Waals surface area contributed by atoms with Crippen LogP contribution >= 0.6 is 0 Å². The Balaban J connectivity index is 1.43. The number of carbonyl (C=O) groups excluding carboxylic acids is 1. The Morgan fingerprint density at radius 3 is 2.55 bits per heavy atom. The van der Waals surface area contributed by atoms with E-state index >= 15 is 0 Å². The van der Waals surface area contributed by atoms with Crippen LogP contribution in [0.1, 0.15) is 29.0 Å². The van der Waals surface area contributed by atoms with Gasteiger partial charge in [0.15, 0.2) is 17.1 Å². The van der Waals surface area contributed by atoms with E-state index in [9.17, 15) is 13.2 Å². The Morgan fingerprint density at radius 2 is 1.86 bits per heavy atom. The highest BCUT2D eigenvalue weighted by Gasteiger charge is 2.26. The third-order valence-corrected chi connectivity index (χ3v) is 6.94. The van der Waals surface area contributed by atoms with Gasteiger partial charge in [0.25, 0.3) is 5.91 Å². The van der Waals surface area contributed by atoms with Gasteiger partial charge in [-0.25, -0.2) is 8.42 Å². The summed E-state index contributed by atoms with van der Waals surface area (Å²) in [5, 5.41) is 3.58. The van der Waals surface area contributed by atoms with E-state index in [-0.39, 0.29) is 23.1 Å². The van der Waals surface area contributed by atoms with Gasteiger partial charge in [0, 0.05) is 25.0 Å². The number of benzene rings is 2. The molecule has 0 aliphatic carbocycles. The summed E-state index contributed by atoms with van der Waals surface area (Å²) in [6.45, 7) is 1.40. The first-order chi connectivity index (χ1) is 14.0. The SMILES string of the molecule is COc1cccc2cc(C(=O)NCc3ccc(S(=O)(=O)N4CCCC4)cc3)oc12. The minimum atomic E-state index is -3.43. The summed E-state index contributed by atoms with van der Waals surface area (Å²) in [4.78, 5) is 12.7. The quantitative estimate of drug-likeness (QED) is 0.669. The fraction of sp³-hybridized carbons (Fsp3) is 0.286. The average Bonchev–Trinajstić information content (AvgIpc) is 3.42. The number of nitrogens with one attached hydrogen (secondary N) is 1. The second-order valence-corrected chi connectivity index (χ2v) is 8.87. The normalized spacial score (nSPS) is 14.9. The zero-order valence-corrected chi connectivity index (χ0v) is 16.9. The number of para-hydroxylation sites is 1. The molecule has 1 N–H and O–H groups in total. The molecule has 0 saturated carbocycles. The van der Waals surface area contributed by atoms with Crippen molar-refractivity contribution in [3.8, 4) is 5.75 Å². The van der Waals surface area contributed by atoms with Gasteiger partial charge in [0.2, 0.25) is 10.0 Å². The first-order valence-corrected chi connectivity index (χ1v) is 10.9. The van der Waals surface area contributed by atoms with Gasteiger partial charge in [-0.2, -0.15) is 4.31 Å². The van der Waals surface area contributed by atoms with Gasteiger partial charge in [0.1, 0.15) is 0 Å². The number of ether oxygens (including phenoxy) is 1. The first-order valence-electron chi connectivity index (χ1n) is 9.43. The predicted molar refractivity (Wildman–Crippen MR) is 108 cm³/mol. The van der Waals surface area contributed by atoms with Crippen molar-refractivity contribution in [2.24, 2.45) is 0 Å². The van der Waals surface area contributed by atoms with E-state index < -0.39 is 10.0 Å². The van der Waals surface area contributed by atoms with Crippen LogP contribution in [0, 0.1) is 0 Å². The topological polar surface area (TPSA) is 88.8 Å². The number of methoxy groups -OCH3 is 1. The molecule has 0 atom stereocenters. The van der Waals surface area contributed by atoms with Gasteiger partial charge < -0.3 is 14.5 Å². The Labute approximate surface area is 169 Å². The average molecular weight is 414 g/mol. The highest BCUT2D eigenvalue weighted by molar-refractivity contribution is 7.89. The van der Waals surface area contributed by atoms with Gasteiger partial charge in [-0.1, -0.05) is 24.3 Å². The van der Waals surface area contributed by atoms with Crippen molar-refractivity contribution < 1.29 is 22.4 Å². The lowest BCUT2D eigenvalue weighted by molar-refractivity contribution is 0.0925. The number of rotatable bonds is 6. The van der Waals surface area contributed by atoms with E-state index in [1.165, 1.54) is 4.31 Å². The largest absolute Gasteiger partial charge is 0.493 e. The van der Waals surface area contributed by atoms with E-state index in [4.69, 9.17) is 9.15 Å². The molecule has 152 valence electrons. The number of furan rings is 1. The Hall–Kier alpha value is -2.84. The molecule has 7 nitrogen and oxygen atoms in total. The summed E-state index contributed by atoms with van der Waals surface area (Å²) in [5.41, 5.74) is 1.32. The van der Waals surface area contributed by atoms with Crippen LogP contribution in [-0.4, -0.2) is 38.8 Å². The van der Waals surface area contributed by atoms with E-state index in [2.05, 4.69) is 5.32 Å². The summed E-state index contributed by atoms with van der Waals surface area (Å²) < 4.78 is 37.5. The standard InChI is InChI=1S/C21H22N2O5S/c1-27-18-6-4-5-16-13-19(28-20(16)18)21(24)22-14-15-7-9-17(10-8-15)29(25,26)23-11-2-3-12-23/h4-10,13H,2-3,11-12,14H2,1H3,(H,22,24). The monoisotopic (exact) mass is 414 g/mol. The minimum Gasteiger partial charge on any atom is -0.493 e. The zero-order valence-electron chi connectivity index (χ0n) is 16.1. The van der Waals surface area contributed by atoms with Crippen LogP contribution in [0.2, 0.25) is 0 Å². The van der Waals surface area contributed by atoms with E-state index in [0.29, 0.717) is 24.4 Å². The molecule has 1 saturated heterocycles. The molecule has 2 heterocycles. The predicted octanol–water partition coefficient (Wildman–Crippen LogP) is 3.16. The number of nitrogens with zero attached hydrogens (tertiary/aromatic N) is 1. The molecule has 0 bridgehead atoms. The van der Waals surface area contributed by atoms with Crippen LogP contribution in [0.4, 0.5) is 0 Å². The lowest BCUT2D eigenvalue weighted by Crippen LogP contribution is -2.27. The van der Waals surface area contributed by atoms with Crippen molar-refractivity contribution in [1.82, 2.24) is 9.62 Å². The summed E-state index contributed by atoms with van der Waals surface area (Å²) >= 11 is 0. The fourth-order valence-corrected chi connectivity index (χ4v) is 4.95. The third-order valence-electron chi connectivity index (χ3n) is 5.03. The Kier molecular flexibility index (Phi) is 5.29. The lowest BCUT2D eigenvalue weighted by Gasteiger charge is -2.15. The fourth-order valence-electron chi connectivity index (χ4n) is 3.44. The van der Waals surface area contributed by atoms with Crippen molar-refractivity contribution in [1.29, 1.82) is 0 Å². The summed E-state index contributed by atoms with van der Waals surface area (Å²) in [6, 6.07) is 13.7. The van der Waals surface area contributed by atoms with Gasteiger partial charge in [-0.05, 0) is 42.7 Å². The highest BCUT2D eigenvalue weighted by Crippen LogP contribution is 2.28. The van der Waals surface area contributed by atoms with Gasteiger partial charge in [-0.15, -0.1) is 0 Å². The molecule has 0 unspecified atom stereocenters. The summed E-state index contributed by atoms with van der Waals surface area (Å²) in [5.74, 6) is 0.408. The molecule has 1 fully saturated rings. The number of amides is 1. The maximum Gasteiger partial charge on any atom is 0.287 e. The van der Waals surface area contributed by atoms with Gasteiger partial charge >= 0.3 is 0 Å². The molecule has 1 aromatic heterocycles. The molecular formula is C21H22N2O5S. The molecule has 1 amide bonds. The highest BCUT2D eigenvalue weighted by atomic mass is 32.2. The maximum absolute atomic E-state index is 12.6. The summed E-state index contributed by atoms with van der Waals surface area (Å²) in [6.07, 6.45) is 1.80. The molecular weight excluding hydrogens is 392 g/mol. The van der Waals surface area contributed by atoms with Gasteiger partial charge in [0.05, 0.1) is 12.0 Å². The number of hydrogen-bond donors (Lipinski definition) is 1. The van der Waals surface area contributed by atoms with Crippen LogP contribution in [-0.2, 0) is 16.6 Å². The summed E-state index contributed by atoms with van der Waals surface area (Å²) in [7, 11) is -1.89. The number of sulfonamides is 1. The Bertz CT molecular complexity index is 1130. The molecule has 1 aliphatic heterocycles. The molecule has 29 heavy (non-hydrogen) atoms. The van der Waals surface area contributed by atoms with Crippen molar-refractivity contribution in [3.63, 3.8) is 0 Å². The maximum atomic E-state index is 12.6.